The van der Waals surface area contributed by atoms with Gasteiger partial charge in [-0.05, 0) is 44.2 Å². The summed E-state index contributed by atoms with van der Waals surface area (Å²) in [5, 5.41) is 2.38. The van der Waals surface area contributed by atoms with E-state index in [0.29, 0.717) is 5.75 Å². The van der Waals surface area contributed by atoms with Gasteiger partial charge in [-0.1, -0.05) is 17.7 Å². The summed E-state index contributed by atoms with van der Waals surface area (Å²) in [6.45, 7) is 3.15. The Hall–Kier alpha value is -3.03. The molecule has 1 heterocycles. The molecule has 0 aliphatic carbocycles. The number of fused-ring (bicyclic) bond motifs is 1. The molecule has 1 N–H and O–H groups in total. The lowest BCUT2D eigenvalue weighted by Crippen LogP contribution is -2.47. The molecule has 0 spiro atoms. The number of hydrogen-bond acceptors (Lipinski definition) is 3. The molecule has 0 bridgehead atoms. The van der Waals surface area contributed by atoms with Crippen molar-refractivity contribution in [2.45, 2.75) is 26.1 Å². The molecule has 8 heteroatoms. The Labute approximate surface area is 153 Å². The van der Waals surface area contributed by atoms with Crippen LogP contribution in [0.1, 0.15) is 18.1 Å². The van der Waals surface area contributed by atoms with Gasteiger partial charge in [0.1, 0.15) is 12.3 Å². The first-order valence-electron chi connectivity index (χ1n) is 8.21. The zero-order valence-corrected chi connectivity index (χ0v) is 14.6. The number of rotatable bonds is 3. The Kier molecular flexibility index (Phi) is 4.82. The molecule has 0 unspecified atom stereocenters. The van der Waals surface area contributed by atoms with E-state index in [1.54, 1.807) is 12.1 Å². The monoisotopic (exact) mass is 378 g/mol. The van der Waals surface area contributed by atoms with E-state index >= 15 is 0 Å². The molecule has 1 aliphatic heterocycles. The van der Waals surface area contributed by atoms with Crippen molar-refractivity contribution in [3.05, 3.63) is 53.6 Å². The Bertz CT molecular complexity index is 879. The first-order valence-corrected chi connectivity index (χ1v) is 8.21. The van der Waals surface area contributed by atoms with Crippen molar-refractivity contribution in [3.8, 4) is 5.75 Å². The average molecular weight is 378 g/mol. The topological polar surface area (TPSA) is 58.6 Å². The lowest BCUT2D eigenvalue weighted by atomic mass is 10.1. The Morgan fingerprint density at radius 2 is 1.85 bits per heavy atom. The number of carbonyl (C=O) groups excluding carboxylic acids is 2. The van der Waals surface area contributed by atoms with Crippen LogP contribution >= 0.6 is 0 Å². The first-order chi connectivity index (χ1) is 12.6. The van der Waals surface area contributed by atoms with Crippen LogP contribution in [-0.2, 0) is 15.8 Å². The van der Waals surface area contributed by atoms with Gasteiger partial charge < -0.3 is 10.1 Å². The van der Waals surface area contributed by atoms with Crippen LogP contribution in [0.5, 0.6) is 5.75 Å². The van der Waals surface area contributed by atoms with Crippen molar-refractivity contribution in [2.24, 2.45) is 0 Å². The number of hydrogen-bond donors (Lipinski definition) is 1. The normalized spacial score (nSPS) is 15.0. The molecule has 5 nitrogen and oxygen atoms in total. The van der Waals surface area contributed by atoms with Crippen molar-refractivity contribution >= 4 is 23.2 Å². The van der Waals surface area contributed by atoms with Crippen molar-refractivity contribution in [1.29, 1.82) is 0 Å². The molecule has 0 fully saturated rings. The maximum Gasteiger partial charge on any atom is 0.416 e. The van der Waals surface area contributed by atoms with Crippen LogP contribution in [0, 0.1) is 6.92 Å². The minimum absolute atomic E-state index is 0.0584. The first kappa shape index (κ1) is 18.8. The number of benzene rings is 2. The molecule has 2 aromatic rings. The molecule has 27 heavy (non-hydrogen) atoms. The lowest BCUT2D eigenvalue weighted by molar-refractivity contribution is -0.137. The number of aryl methyl sites for hydroxylation is 1. The van der Waals surface area contributed by atoms with E-state index in [1.807, 2.05) is 19.1 Å². The van der Waals surface area contributed by atoms with Crippen LogP contribution in [0.15, 0.2) is 42.5 Å². The standard InChI is InChI=1S/C19H17F3N2O3/c1-11-3-6-14(7-4-11)27-12(2)18(26)24-10-17(25)23-15-9-13(19(20,21)22)5-8-16(15)24/h3-9,12H,10H2,1-2H3,(H,23,25)/t12-/m0/s1. The van der Waals surface area contributed by atoms with Gasteiger partial charge in [0, 0.05) is 0 Å². The molecule has 0 saturated carbocycles. The van der Waals surface area contributed by atoms with Crippen molar-refractivity contribution in [1.82, 2.24) is 0 Å². The molecule has 1 aliphatic rings. The number of alkyl halides is 3. The molecule has 142 valence electrons. The predicted octanol–water partition coefficient (Wildman–Crippen LogP) is 3.77. The fourth-order valence-corrected chi connectivity index (χ4v) is 2.75. The highest BCUT2D eigenvalue weighted by Crippen LogP contribution is 2.37. The Balaban J connectivity index is 1.85. The Morgan fingerprint density at radius 1 is 1.19 bits per heavy atom. The third kappa shape index (κ3) is 4.05. The second-order valence-electron chi connectivity index (χ2n) is 6.28. The second-order valence-corrected chi connectivity index (χ2v) is 6.28. The van der Waals surface area contributed by atoms with Crippen LogP contribution in [0.2, 0.25) is 0 Å². The summed E-state index contributed by atoms with van der Waals surface area (Å²) in [5.41, 5.74) is 0.271. The van der Waals surface area contributed by atoms with E-state index in [4.69, 9.17) is 4.74 Å². The fraction of sp³-hybridized carbons (Fsp3) is 0.263. The maximum absolute atomic E-state index is 12.9. The number of ether oxygens (including phenoxy) is 1. The number of halogens is 3. The zero-order chi connectivity index (χ0) is 19.8. The Morgan fingerprint density at radius 3 is 2.48 bits per heavy atom. The molecule has 3 rings (SSSR count). The molecule has 0 saturated heterocycles. The van der Waals surface area contributed by atoms with Crippen molar-refractivity contribution < 1.29 is 27.5 Å². The van der Waals surface area contributed by atoms with E-state index in [1.165, 1.54) is 13.0 Å². The summed E-state index contributed by atoms with van der Waals surface area (Å²) in [4.78, 5) is 25.8. The highest BCUT2D eigenvalue weighted by Gasteiger charge is 2.35. The molecule has 2 aromatic carbocycles. The van der Waals surface area contributed by atoms with Gasteiger partial charge in [0.15, 0.2) is 6.10 Å². The van der Waals surface area contributed by atoms with Crippen LogP contribution in [0.4, 0.5) is 24.5 Å². The van der Waals surface area contributed by atoms with E-state index in [9.17, 15) is 22.8 Å². The van der Waals surface area contributed by atoms with E-state index in [-0.39, 0.29) is 17.9 Å². The molecule has 0 aromatic heterocycles. The van der Waals surface area contributed by atoms with Crippen LogP contribution in [0.25, 0.3) is 0 Å². The molecule has 2 amide bonds. The van der Waals surface area contributed by atoms with Gasteiger partial charge in [-0.2, -0.15) is 13.2 Å². The molecular formula is C19H17F3N2O3. The highest BCUT2D eigenvalue weighted by atomic mass is 19.4. The SMILES string of the molecule is Cc1ccc(O[C@@H](C)C(=O)N2CC(=O)Nc3cc(C(F)(F)F)ccc32)cc1. The van der Waals surface area contributed by atoms with Crippen LogP contribution in [0.3, 0.4) is 0 Å². The van der Waals surface area contributed by atoms with E-state index in [0.717, 1.165) is 22.6 Å². The number of amides is 2. The second kappa shape index (κ2) is 6.94. The smallest absolute Gasteiger partial charge is 0.416 e. The summed E-state index contributed by atoms with van der Waals surface area (Å²) < 4.78 is 44.3. The molecule has 0 radical (unpaired) electrons. The molecular weight excluding hydrogens is 361 g/mol. The zero-order valence-electron chi connectivity index (χ0n) is 14.6. The highest BCUT2D eigenvalue weighted by molar-refractivity contribution is 6.11. The van der Waals surface area contributed by atoms with Gasteiger partial charge in [0.2, 0.25) is 5.91 Å². The largest absolute Gasteiger partial charge is 0.481 e. The number of nitrogens with zero attached hydrogens (tertiary/aromatic N) is 1. The van der Waals surface area contributed by atoms with Crippen LogP contribution < -0.4 is 15.0 Å². The van der Waals surface area contributed by atoms with Gasteiger partial charge in [0.05, 0.1) is 16.9 Å². The summed E-state index contributed by atoms with van der Waals surface area (Å²) in [5.74, 6) is -0.611. The predicted molar refractivity (Wildman–Crippen MR) is 93.7 cm³/mol. The lowest BCUT2D eigenvalue weighted by Gasteiger charge is -2.31. The summed E-state index contributed by atoms with van der Waals surface area (Å²) in [6, 6.07) is 9.95. The molecule has 1 atom stereocenters. The summed E-state index contributed by atoms with van der Waals surface area (Å²) >= 11 is 0. The van der Waals surface area contributed by atoms with Gasteiger partial charge in [0.25, 0.3) is 5.91 Å². The third-order valence-electron chi connectivity index (χ3n) is 4.14. The third-order valence-corrected chi connectivity index (χ3v) is 4.14. The average Bonchev–Trinajstić information content (AvgIpc) is 2.61. The van der Waals surface area contributed by atoms with Gasteiger partial charge in [-0.3, -0.25) is 14.5 Å². The van der Waals surface area contributed by atoms with E-state index in [2.05, 4.69) is 5.32 Å². The van der Waals surface area contributed by atoms with Crippen LogP contribution in [-0.4, -0.2) is 24.5 Å². The maximum atomic E-state index is 12.9. The quantitative estimate of drug-likeness (QED) is 0.885. The van der Waals surface area contributed by atoms with Gasteiger partial charge in [-0.25, -0.2) is 0 Å². The van der Waals surface area contributed by atoms with E-state index < -0.39 is 29.7 Å². The summed E-state index contributed by atoms with van der Waals surface area (Å²) in [6.07, 6.45) is -5.47. The fourth-order valence-electron chi connectivity index (χ4n) is 2.75. The number of anilines is 2. The van der Waals surface area contributed by atoms with Gasteiger partial charge in [-0.15, -0.1) is 0 Å². The number of carbonyl (C=O) groups is 2. The minimum Gasteiger partial charge on any atom is -0.481 e. The van der Waals surface area contributed by atoms with Crippen molar-refractivity contribution in [2.75, 3.05) is 16.8 Å². The summed E-state index contributed by atoms with van der Waals surface area (Å²) in [7, 11) is 0. The van der Waals surface area contributed by atoms with Crippen molar-refractivity contribution in [3.63, 3.8) is 0 Å². The van der Waals surface area contributed by atoms with Gasteiger partial charge >= 0.3 is 6.18 Å². The number of nitrogens with one attached hydrogen (secondary N) is 1. The minimum atomic E-state index is -4.55.